The summed E-state index contributed by atoms with van der Waals surface area (Å²) in [6.45, 7) is 4.10. The number of hydrogen-bond acceptors (Lipinski definition) is 3. The molecule has 2 fully saturated rings. The van der Waals surface area contributed by atoms with Crippen molar-refractivity contribution in [3.63, 3.8) is 0 Å². The van der Waals surface area contributed by atoms with Crippen molar-refractivity contribution in [3.05, 3.63) is 29.8 Å². The van der Waals surface area contributed by atoms with Crippen LogP contribution in [-0.4, -0.2) is 6.10 Å². The molecule has 0 heterocycles. The number of fused-ring (bicyclic) bond motifs is 2. The molecule has 0 aliphatic heterocycles. The number of hydrogen-bond donors (Lipinski definition) is 2. The highest BCUT2D eigenvalue weighted by Gasteiger charge is 2.43. The van der Waals surface area contributed by atoms with Crippen molar-refractivity contribution in [2.75, 3.05) is 0 Å². The summed E-state index contributed by atoms with van der Waals surface area (Å²) in [5.41, 5.74) is 4.36. The van der Waals surface area contributed by atoms with Gasteiger partial charge in [0.15, 0.2) is 0 Å². The number of ether oxygens (including phenoxy) is 1. The minimum atomic E-state index is 0.217. The summed E-state index contributed by atoms with van der Waals surface area (Å²) >= 11 is 0. The lowest BCUT2D eigenvalue weighted by molar-refractivity contribution is 0.241. The van der Waals surface area contributed by atoms with Gasteiger partial charge in [-0.15, -0.1) is 0 Å². The minimum Gasteiger partial charge on any atom is -0.491 e. The van der Waals surface area contributed by atoms with Gasteiger partial charge in [-0.05, 0) is 68.6 Å². The molecule has 110 valence electrons. The topological polar surface area (TPSA) is 47.3 Å². The SMILES string of the molecule is CC(C)Oc1ccc(C(NN)C2CC3CCC2C3)cc1. The van der Waals surface area contributed by atoms with Crippen molar-refractivity contribution in [2.45, 2.75) is 51.7 Å². The van der Waals surface area contributed by atoms with Crippen molar-refractivity contribution < 1.29 is 4.74 Å². The molecule has 1 aromatic rings. The standard InChI is InChI=1S/C17H26N2O/c1-11(2)20-15-7-5-13(6-8-15)17(19-18)16-10-12-3-4-14(16)9-12/h5-8,11-12,14,16-17,19H,3-4,9-10,18H2,1-2H3. The fourth-order valence-corrected chi connectivity index (χ4v) is 4.20. The zero-order valence-corrected chi connectivity index (χ0v) is 12.5. The van der Waals surface area contributed by atoms with Gasteiger partial charge in [-0.2, -0.15) is 0 Å². The van der Waals surface area contributed by atoms with E-state index in [1.807, 2.05) is 13.8 Å². The van der Waals surface area contributed by atoms with Gasteiger partial charge in [0.2, 0.25) is 0 Å². The Balaban J connectivity index is 1.72. The molecule has 4 unspecified atom stereocenters. The van der Waals surface area contributed by atoms with E-state index < -0.39 is 0 Å². The van der Waals surface area contributed by atoms with Crippen molar-refractivity contribution >= 4 is 0 Å². The summed E-state index contributed by atoms with van der Waals surface area (Å²) in [4.78, 5) is 0. The van der Waals surface area contributed by atoms with Gasteiger partial charge >= 0.3 is 0 Å². The van der Waals surface area contributed by atoms with Gasteiger partial charge in [-0.3, -0.25) is 11.3 Å². The molecule has 4 atom stereocenters. The molecule has 2 aliphatic rings. The molecule has 2 bridgehead atoms. The van der Waals surface area contributed by atoms with Gasteiger partial charge in [0.1, 0.15) is 5.75 Å². The molecule has 3 rings (SSSR count). The van der Waals surface area contributed by atoms with Crippen molar-refractivity contribution in [1.82, 2.24) is 5.43 Å². The van der Waals surface area contributed by atoms with Crippen LogP contribution in [0.5, 0.6) is 5.75 Å². The third-order valence-corrected chi connectivity index (χ3v) is 5.01. The van der Waals surface area contributed by atoms with Gasteiger partial charge < -0.3 is 4.74 Å². The fourth-order valence-electron chi connectivity index (χ4n) is 4.20. The maximum atomic E-state index is 5.85. The highest BCUT2D eigenvalue weighted by atomic mass is 16.5. The lowest BCUT2D eigenvalue weighted by Gasteiger charge is -2.30. The molecule has 0 radical (unpaired) electrons. The summed E-state index contributed by atoms with van der Waals surface area (Å²) in [6.07, 6.45) is 5.79. The first-order valence-corrected chi connectivity index (χ1v) is 7.90. The van der Waals surface area contributed by atoms with E-state index in [4.69, 9.17) is 10.6 Å². The molecule has 2 aliphatic carbocycles. The zero-order chi connectivity index (χ0) is 14.1. The van der Waals surface area contributed by atoms with Gasteiger partial charge in [0, 0.05) is 6.04 Å². The van der Waals surface area contributed by atoms with Crippen LogP contribution in [0.1, 0.15) is 51.1 Å². The molecule has 3 nitrogen and oxygen atoms in total. The second-order valence-electron chi connectivity index (χ2n) is 6.72. The maximum Gasteiger partial charge on any atom is 0.119 e. The third-order valence-electron chi connectivity index (χ3n) is 5.01. The summed E-state index contributed by atoms with van der Waals surface area (Å²) in [5, 5.41) is 0. The Morgan fingerprint density at radius 2 is 1.90 bits per heavy atom. The van der Waals surface area contributed by atoms with E-state index in [2.05, 4.69) is 29.7 Å². The van der Waals surface area contributed by atoms with E-state index in [-0.39, 0.29) is 6.10 Å². The molecule has 0 spiro atoms. The first kappa shape index (κ1) is 13.9. The van der Waals surface area contributed by atoms with E-state index >= 15 is 0 Å². The van der Waals surface area contributed by atoms with E-state index in [1.54, 1.807) is 0 Å². The second-order valence-corrected chi connectivity index (χ2v) is 6.72. The monoisotopic (exact) mass is 274 g/mol. The number of benzene rings is 1. The van der Waals surface area contributed by atoms with Crippen LogP contribution in [0.4, 0.5) is 0 Å². The first-order chi connectivity index (χ1) is 9.67. The van der Waals surface area contributed by atoms with Crippen LogP contribution in [0.25, 0.3) is 0 Å². The fraction of sp³-hybridized carbons (Fsp3) is 0.647. The van der Waals surface area contributed by atoms with Crippen LogP contribution in [0, 0.1) is 17.8 Å². The van der Waals surface area contributed by atoms with Crippen LogP contribution in [-0.2, 0) is 0 Å². The van der Waals surface area contributed by atoms with E-state index in [0.717, 1.165) is 17.6 Å². The molecule has 0 amide bonds. The molecular formula is C17H26N2O. The summed E-state index contributed by atoms with van der Waals surface area (Å²) in [6, 6.07) is 8.74. The number of hydrazine groups is 1. The van der Waals surface area contributed by atoms with Crippen molar-refractivity contribution in [1.29, 1.82) is 0 Å². The quantitative estimate of drug-likeness (QED) is 0.639. The maximum absolute atomic E-state index is 5.85. The summed E-state index contributed by atoms with van der Waals surface area (Å²) in [7, 11) is 0. The lowest BCUT2D eigenvalue weighted by Crippen LogP contribution is -2.35. The Labute approximate surface area is 121 Å². The van der Waals surface area contributed by atoms with E-state index in [1.165, 1.54) is 31.2 Å². The predicted molar refractivity (Wildman–Crippen MR) is 81.2 cm³/mol. The molecule has 2 saturated carbocycles. The third kappa shape index (κ3) is 2.70. The molecule has 3 heteroatoms. The zero-order valence-electron chi connectivity index (χ0n) is 12.5. The first-order valence-electron chi connectivity index (χ1n) is 7.90. The second kappa shape index (κ2) is 5.74. The lowest BCUT2D eigenvalue weighted by atomic mass is 9.81. The van der Waals surface area contributed by atoms with Crippen LogP contribution in [0.3, 0.4) is 0 Å². The van der Waals surface area contributed by atoms with Gasteiger partial charge in [-0.25, -0.2) is 0 Å². The van der Waals surface area contributed by atoms with Crippen molar-refractivity contribution in [2.24, 2.45) is 23.6 Å². The van der Waals surface area contributed by atoms with Gasteiger partial charge in [0.05, 0.1) is 6.10 Å². The van der Waals surface area contributed by atoms with Gasteiger partial charge in [-0.1, -0.05) is 18.6 Å². The Bertz CT molecular complexity index is 443. The highest BCUT2D eigenvalue weighted by Crippen LogP contribution is 2.52. The normalized spacial score (nSPS) is 29.9. The smallest absolute Gasteiger partial charge is 0.119 e. The average Bonchev–Trinajstić information content (AvgIpc) is 3.03. The summed E-state index contributed by atoms with van der Waals surface area (Å²) in [5.74, 6) is 9.31. The summed E-state index contributed by atoms with van der Waals surface area (Å²) < 4.78 is 5.71. The Kier molecular flexibility index (Phi) is 3.99. The Morgan fingerprint density at radius 3 is 2.40 bits per heavy atom. The molecule has 3 N–H and O–H groups in total. The predicted octanol–water partition coefficient (Wildman–Crippen LogP) is 3.41. The van der Waals surface area contributed by atoms with Gasteiger partial charge in [0.25, 0.3) is 0 Å². The highest BCUT2D eigenvalue weighted by molar-refractivity contribution is 5.30. The number of nitrogens with two attached hydrogens (primary N) is 1. The van der Waals surface area contributed by atoms with Crippen molar-refractivity contribution in [3.8, 4) is 5.75 Å². The number of nitrogens with one attached hydrogen (secondary N) is 1. The average molecular weight is 274 g/mol. The Morgan fingerprint density at radius 1 is 1.15 bits per heavy atom. The molecule has 0 aromatic heterocycles. The van der Waals surface area contributed by atoms with E-state index in [9.17, 15) is 0 Å². The molecule has 20 heavy (non-hydrogen) atoms. The molecule has 0 saturated heterocycles. The van der Waals surface area contributed by atoms with Crippen LogP contribution >= 0.6 is 0 Å². The minimum absolute atomic E-state index is 0.217. The van der Waals surface area contributed by atoms with E-state index in [0.29, 0.717) is 12.0 Å². The van der Waals surface area contributed by atoms with Crippen LogP contribution in [0.2, 0.25) is 0 Å². The Hall–Kier alpha value is -1.06. The largest absolute Gasteiger partial charge is 0.491 e. The molecule has 1 aromatic carbocycles. The number of rotatable bonds is 5. The van der Waals surface area contributed by atoms with Crippen LogP contribution in [0.15, 0.2) is 24.3 Å². The molecular weight excluding hydrogens is 248 g/mol. The van der Waals surface area contributed by atoms with Crippen LogP contribution < -0.4 is 16.0 Å².